The summed E-state index contributed by atoms with van der Waals surface area (Å²) in [6.45, 7) is 7.15. The second-order valence-electron chi connectivity index (χ2n) is 8.69. The van der Waals surface area contributed by atoms with Crippen molar-refractivity contribution in [2.45, 2.75) is 38.3 Å². The molecule has 5 rings (SSSR count). The minimum absolute atomic E-state index is 0.198. The van der Waals surface area contributed by atoms with E-state index in [0.717, 1.165) is 57.2 Å². The second-order valence-corrected chi connectivity index (χ2v) is 8.69. The number of imidazole rings is 1. The van der Waals surface area contributed by atoms with E-state index < -0.39 is 5.82 Å². The second kappa shape index (κ2) is 9.94. The zero-order valence-corrected chi connectivity index (χ0v) is 18.8. The molecule has 2 saturated heterocycles. The molecular formula is C24H29FN6O2. The Morgan fingerprint density at radius 1 is 1.12 bits per heavy atom. The van der Waals surface area contributed by atoms with Crippen LogP contribution >= 0.6 is 0 Å². The zero-order valence-electron chi connectivity index (χ0n) is 18.8. The van der Waals surface area contributed by atoms with Crippen molar-refractivity contribution >= 4 is 11.6 Å². The highest BCUT2D eigenvalue weighted by Crippen LogP contribution is 2.30. The van der Waals surface area contributed by atoms with Gasteiger partial charge in [0.15, 0.2) is 5.82 Å². The summed E-state index contributed by atoms with van der Waals surface area (Å²) in [6, 6.07) is 8.14. The maximum atomic E-state index is 14.5. The minimum atomic E-state index is -0.489. The molecule has 2 fully saturated rings. The maximum Gasteiger partial charge on any atom is 0.227 e. The lowest BCUT2D eigenvalue weighted by Gasteiger charge is -2.26. The lowest BCUT2D eigenvalue weighted by atomic mass is 9.96. The van der Waals surface area contributed by atoms with Crippen LogP contribution in [-0.4, -0.2) is 63.8 Å². The van der Waals surface area contributed by atoms with Gasteiger partial charge in [0.25, 0.3) is 0 Å². The minimum Gasteiger partial charge on any atom is -0.379 e. The first kappa shape index (κ1) is 21.9. The van der Waals surface area contributed by atoms with Crippen LogP contribution in [0.15, 0.2) is 36.7 Å². The lowest BCUT2D eigenvalue weighted by Crippen LogP contribution is -2.35. The van der Waals surface area contributed by atoms with E-state index in [1.165, 1.54) is 11.8 Å². The molecule has 0 bridgehead atoms. The quantitative estimate of drug-likeness (QED) is 0.587. The first-order chi connectivity index (χ1) is 16.1. The number of anilines is 2. The summed E-state index contributed by atoms with van der Waals surface area (Å²) in [5.41, 5.74) is 2.83. The summed E-state index contributed by atoms with van der Waals surface area (Å²) in [4.78, 5) is 18.7. The predicted molar refractivity (Wildman–Crippen MR) is 123 cm³/mol. The Kier molecular flexibility index (Phi) is 6.61. The van der Waals surface area contributed by atoms with Crippen molar-refractivity contribution in [1.29, 1.82) is 0 Å². The van der Waals surface area contributed by atoms with Gasteiger partial charge in [-0.05, 0) is 37.5 Å². The molecule has 2 N–H and O–H groups in total. The summed E-state index contributed by atoms with van der Waals surface area (Å²) in [5, 5.41) is 3.17. The van der Waals surface area contributed by atoms with Gasteiger partial charge >= 0.3 is 0 Å². The van der Waals surface area contributed by atoms with Gasteiger partial charge in [-0.3, -0.25) is 4.90 Å². The molecule has 0 amide bonds. The summed E-state index contributed by atoms with van der Waals surface area (Å²) in [6.07, 6.45) is 4.83. The average molecular weight is 453 g/mol. The van der Waals surface area contributed by atoms with E-state index >= 15 is 0 Å². The topological polar surface area (TPSA) is 88.2 Å². The standard InChI is InChI=1S/C24H29FN6O2/c1-16-12-18(6-9-33-16)23-26-14-21(29-23)22-20(25)13-27-24(30-22)28-19-4-2-17(3-5-19)15-31-7-10-32-11-8-31/h2-5,13-14,16,18H,6-12,15H2,1H3,(H,26,29)(H,27,28,30). The number of hydrogen-bond donors (Lipinski definition) is 2. The molecule has 2 aliphatic rings. The number of aromatic amines is 1. The fraction of sp³-hybridized carbons (Fsp3) is 0.458. The number of morpholine rings is 1. The molecule has 4 heterocycles. The molecular weight excluding hydrogens is 423 g/mol. The van der Waals surface area contributed by atoms with Crippen molar-refractivity contribution in [3.8, 4) is 11.4 Å². The lowest BCUT2D eigenvalue weighted by molar-refractivity contribution is 0.0174. The molecule has 2 aliphatic heterocycles. The Morgan fingerprint density at radius 2 is 1.94 bits per heavy atom. The van der Waals surface area contributed by atoms with Gasteiger partial charge in [0.05, 0.1) is 37.4 Å². The van der Waals surface area contributed by atoms with E-state index in [1.807, 2.05) is 12.1 Å². The molecule has 9 heteroatoms. The van der Waals surface area contributed by atoms with Crippen LogP contribution in [0.5, 0.6) is 0 Å². The Balaban J connectivity index is 1.27. The van der Waals surface area contributed by atoms with Gasteiger partial charge in [-0.1, -0.05) is 12.1 Å². The van der Waals surface area contributed by atoms with Gasteiger partial charge < -0.3 is 19.8 Å². The van der Waals surface area contributed by atoms with Crippen LogP contribution < -0.4 is 5.32 Å². The highest BCUT2D eigenvalue weighted by molar-refractivity contribution is 5.59. The smallest absolute Gasteiger partial charge is 0.227 e. The number of nitrogens with zero attached hydrogens (tertiary/aromatic N) is 4. The van der Waals surface area contributed by atoms with E-state index in [2.05, 4.69) is 49.2 Å². The summed E-state index contributed by atoms with van der Waals surface area (Å²) >= 11 is 0. The number of nitrogens with one attached hydrogen (secondary N) is 2. The molecule has 2 atom stereocenters. The molecule has 0 radical (unpaired) electrons. The molecule has 0 saturated carbocycles. The number of aromatic nitrogens is 4. The third-order valence-electron chi connectivity index (χ3n) is 6.19. The predicted octanol–water partition coefficient (Wildman–Crippen LogP) is 3.86. The van der Waals surface area contributed by atoms with Crippen molar-refractivity contribution in [3.05, 3.63) is 53.9 Å². The molecule has 2 unspecified atom stereocenters. The number of hydrogen-bond acceptors (Lipinski definition) is 7. The fourth-order valence-electron chi connectivity index (χ4n) is 4.37. The van der Waals surface area contributed by atoms with Crippen molar-refractivity contribution < 1.29 is 13.9 Å². The van der Waals surface area contributed by atoms with E-state index in [0.29, 0.717) is 18.2 Å². The van der Waals surface area contributed by atoms with Gasteiger partial charge in [0, 0.05) is 37.8 Å². The van der Waals surface area contributed by atoms with Crippen LogP contribution in [0, 0.1) is 5.82 Å². The number of halogens is 1. The number of rotatable bonds is 6. The van der Waals surface area contributed by atoms with E-state index in [4.69, 9.17) is 9.47 Å². The molecule has 8 nitrogen and oxygen atoms in total. The first-order valence-corrected chi connectivity index (χ1v) is 11.5. The van der Waals surface area contributed by atoms with Crippen molar-refractivity contribution in [1.82, 2.24) is 24.8 Å². The van der Waals surface area contributed by atoms with Crippen molar-refractivity contribution in [2.75, 3.05) is 38.2 Å². The monoisotopic (exact) mass is 452 g/mol. The number of benzene rings is 1. The Labute approximate surface area is 192 Å². The molecule has 0 aliphatic carbocycles. The highest BCUT2D eigenvalue weighted by Gasteiger charge is 2.24. The van der Waals surface area contributed by atoms with E-state index in [-0.39, 0.29) is 17.7 Å². The molecule has 2 aromatic heterocycles. The SMILES string of the molecule is CC1CC(c2ncc(-c3nc(Nc4ccc(CN5CCOCC5)cc4)ncc3F)[nH]2)CCO1. The van der Waals surface area contributed by atoms with Gasteiger partial charge in [-0.2, -0.15) is 0 Å². The highest BCUT2D eigenvalue weighted by atomic mass is 19.1. The summed E-state index contributed by atoms with van der Waals surface area (Å²) in [7, 11) is 0. The maximum absolute atomic E-state index is 14.5. The normalized spacial score (nSPS) is 21.8. The van der Waals surface area contributed by atoms with Crippen LogP contribution in [0.1, 0.15) is 37.1 Å². The van der Waals surface area contributed by atoms with Crippen molar-refractivity contribution in [2.24, 2.45) is 0 Å². The summed E-state index contributed by atoms with van der Waals surface area (Å²) in [5.74, 6) is 0.977. The zero-order chi connectivity index (χ0) is 22.6. The Bertz CT molecular complexity index is 1070. The van der Waals surface area contributed by atoms with Crippen LogP contribution in [0.4, 0.5) is 16.0 Å². The largest absolute Gasteiger partial charge is 0.379 e. The third kappa shape index (κ3) is 5.38. The Hall–Kier alpha value is -2.88. The molecule has 0 spiro atoms. The van der Waals surface area contributed by atoms with Crippen LogP contribution in [0.3, 0.4) is 0 Å². The van der Waals surface area contributed by atoms with Crippen LogP contribution in [-0.2, 0) is 16.0 Å². The van der Waals surface area contributed by atoms with E-state index in [1.54, 1.807) is 6.20 Å². The molecule has 1 aromatic carbocycles. The van der Waals surface area contributed by atoms with E-state index in [9.17, 15) is 4.39 Å². The Morgan fingerprint density at radius 3 is 2.73 bits per heavy atom. The first-order valence-electron chi connectivity index (χ1n) is 11.5. The summed E-state index contributed by atoms with van der Waals surface area (Å²) < 4.78 is 25.6. The van der Waals surface area contributed by atoms with Gasteiger partial charge in [-0.25, -0.2) is 19.3 Å². The average Bonchev–Trinajstić information content (AvgIpc) is 3.32. The third-order valence-corrected chi connectivity index (χ3v) is 6.19. The molecule has 174 valence electrons. The number of ether oxygens (including phenoxy) is 2. The number of H-pyrrole nitrogens is 1. The molecule has 33 heavy (non-hydrogen) atoms. The van der Waals surface area contributed by atoms with Gasteiger partial charge in [0.1, 0.15) is 11.5 Å². The fourth-order valence-corrected chi connectivity index (χ4v) is 4.37. The van der Waals surface area contributed by atoms with Crippen molar-refractivity contribution in [3.63, 3.8) is 0 Å². The molecule has 3 aromatic rings. The van der Waals surface area contributed by atoms with Crippen LogP contribution in [0.2, 0.25) is 0 Å². The van der Waals surface area contributed by atoms with Gasteiger partial charge in [0.2, 0.25) is 5.95 Å². The van der Waals surface area contributed by atoms with Gasteiger partial charge in [-0.15, -0.1) is 0 Å². The van der Waals surface area contributed by atoms with Crippen LogP contribution in [0.25, 0.3) is 11.4 Å².